The quantitative estimate of drug-likeness (QED) is 0.601. The molecule has 0 N–H and O–H groups in total. The van der Waals surface area contributed by atoms with Gasteiger partial charge in [0.15, 0.2) is 16.9 Å². The molecule has 0 amide bonds. The highest BCUT2D eigenvalue weighted by molar-refractivity contribution is 5.89. The van der Waals surface area contributed by atoms with E-state index >= 15 is 0 Å². The molecule has 5 rings (SSSR count). The van der Waals surface area contributed by atoms with Crippen molar-refractivity contribution in [2.45, 2.75) is 58.0 Å². The summed E-state index contributed by atoms with van der Waals surface area (Å²) < 4.78 is 18.8. The maximum absolute atomic E-state index is 12.9. The van der Waals surface area contributed by atoms with Crippen LogP contribution >= 0.6 is 0 Å². The van der Waals surface area contributed by atoms with Gasteiger partial charge in [-0.3, -0.25) is 19.3 Å². The van der Waals surface area contributed by atoms with Crippen molar-refractivity contribution in [3.8, 4) is 22.8 Å². The number of rotatable bonds is 6. The number of carbonyl (C=O) groups excluding carboxylic acids is 2. The number of pyridine rings is 1. The number of hydrogen-bond acceptors (Lipinski definition) is 7. The predicted molar refractivity (Wildman–Crippen MR) is 126 cm³/mol. The SMILES string of the molecule is CCOC(=O)c1cn2c(cc1=O)-c1cc(OC)c(OCC3CC(=O)C3)cc1[C@H]1CCC(C)(C)N12. The van der Waals surface area contributed by atoms with Crippen molar-refractivity contribution in [3.63, 3.8) is 0 Å². The summed E-state index contributed by atoms with van der Waals surface area (Å²) in [5.41, 5.74) is 2.11. The Kier molecular flexibility index (Phi) is 5.41. The van der Waals surface area contributed by atoms with E-state index < -0.39 is 5.97 Å². The lowest BCUT2D eigenvalue weighted by Gasteiger charge is -2.44. The van der Waals surface area contributed by atoms with Crippen molar-refractivity contribution in [2.75, 3.05) is 25.3 Å². The molecule has 1 aromatic carbocycles. The summed E-state index contributed by atoms with van der Waals surface area (Å²) in [6.45, 7) is 6.73. The molecule has 34 heavy (non-hydrogen) atoms. The van der Waals surface area contributed by atoms with Crippen LogP contribution < -0.4 is 19.9 Å². The normalized spacial score (nSPS) is 20.2. The van der Waals surface area contributed by atoms with E-state index in [4.69, 9.17) is 14.2 Å². The molecule has 1 saturated carbocycles. The Morgan fingerprint density at radius 3 is 2.59 bits per heavy atom. The van der Waals surface area contributed by atoms with Crippen LogP contribution in [0.1, 0.15) is 68.4 Å². The van der Waals surface area contributed by atoms with Gasteiger partial charge in [0, 0.05) is 36.6 Å². The number of hydrogen-bond donors (Lipinski definition) is 0. The fourth-order valence-corrected chi connectivity index (χ4v) is 5.40. The van der Waals surface area contributed by atoms with Crippen LogP contribution in [0.4, 0.5) is 0 Å². The second-order valence-electron chi connectivity index (χ2n) is 9.93. The van der Waals surface area contributed by atoms with E-state index in [0.717, 1.165) is 24.0 Å². The second kappa shape index (κ2) is 8.18. The Morgan fingerprint density at radius 1 is 1.15 bits per heavy atom. The Morgan fingerprint density at radius 2 is 1.91 bits per heavy atom. The van der Waals surface area contributed by atoms with Crippen LogP contribution in [0.25, 0.3) is 11.3 Å². The molecular formula is C26H30N2O6. The molecular weight excluding hydrogens is 436 g/mol. The fraction of sp³-hybridized carbons (Fsp3) is 0.500. The molecule has 3 aliphatic rings. The number of benzene rings is 1. The molecule has 1 saturated heterocycles. The summed E-state index contributed by atoms with van der Waals surface area (Å²) in [5.74, 6) is 1.13. The lowest BCUT2D eigenvalue weighted by Crippen LogP contribution is -2.50. The summed E-state index contributed by atoms with van der Waals surface area (Å²) >= 11 is 0. The summed E-state index contributed by atoms with van der Waals surface area (Å²) in [6, 6.07) is 5.49. The van der Waals surface area contributed by atoms with Crippen molar-refractivity contribution in [1.82, 2.24) is 4.68 Å². The number of Topliss-reactive ketones (excluding diaryl/α,β-unsaturated/α-hetero) is 1. The van der Waals surface area contributed by atoms with Gasteiger partial charge in [0.25, 0.3) is 0 Å². The Hall–Kier alpha value is -3.29. The molecule has 1 atom stereocenters. The van der Waals surface area contributed by atoms with E-state index in [1.807, 2.05) is 16.8 Å². The zero-order valence-corrected chi connectivity index (χ0v) is 20.1. The topological polar surface area (TPSA) is 87.1 Å². The van der Waals surface area contributed by atoms with Gasteiger partial charge in [-0.05, 0) is 51.3 Å². The Balaban J connectivity index is 1.62. The number of aromatic nitrogens is 1. The number of ether oxygens (including phenoxy) is 3. The average Bonchev–Trinajstić information content (AvgIpc) is 3.10. The maximum Gasteiger partial charge on any atom is 0.343 e. The van der Waals surface area contributed by atoms with E-state index in [2.05, 4.69) is 18.9 Å². The second-order valence-corrected chi connectivity index (χ2v) is 9.93. The minimum Gasteiger partial charge on any atom is -0.493 e. The highest BCUT2D eigenvalue weighted by atomic mass is 16.5. The number of esters is 1. The highest BCUT2D eigenvalue weighted by Crippen LogP contribution is 2.50. The first-order valence-corrected chi connectivity index (χ1v) is 11.8. The third kappa shape index (κ3) is 3.56. The van der Waals surface area contributed by atoms with Gasteiger partial charge in [-0.25, -0.2) is 4.79 Å². The van der Waals surface area contributed by atoms with E-state index in [1.54, 1.807) is 20.2 Å². The zero-order valence-electron chi connectivity index (χ0n) is 20.1. The molecule has 1 aromatic heterocycles. The molecule has 8 nitrogen and oxygen atoms in total. The van der Waals surface area contributed by atoms with E-state index in [1.165, 1.54) is 6.07 Å². The minimum absolute atomic E-state index is 0.0254. The number of ketones is 1. The summed E-state index contributed by atoms with van der Waals surface area (Å²) in [4.78, 5) is 36.7. The van der Waals surface area contributed by atoms with Crippen LogP contribution in [0.5, 0.6) is 11.5 Å². The fourth-order valence-electron chi connectivity index (χ4n) is 5.40. The monoisotopic (exact) mass is 466 g/mol. The van der Waals surface area contributed by atoms with Gasteiger partial charge in [-0.15, -0.1) is 0 Å². The van der Waals surface area contributed by atoms with Gasteiger partial charge in [0.05, 0.1) is 37.6 Å². The van der Waals surface area contributed by atoms with Crippen molar-refractivity contribution >= 4 is 11.8 Å². The first kappa shape index (κ1) is 22.5. The van der Waals surface area contributed by atoms with Gasteiger partial charge in [0.1, 0.15) is 11.3 Å². The molecule has 180 valence electrons. The molecule has 8 heteroatoms. The molecule has 3 heterocycles. The predicted octanol–water partition coefficient (Wildman–Crippen LogP) is 3.62. The summed E-state index contributed by atoms with van der Waals surface area (Å²) in [5, 5.41) is 2.24. The van der Waals surface area contributed by atoms with Crippen LogP contribution in [0, 0.1) is 5.92 Å². The lowest BCUT2D eigenvalue weighted by atomic mass is 9.85. The van der Waals surface area contributed by atoms with Gasteiger partial charge in [-0.1, -0.05) is 0 Å². The molecule has 2 fully saturated rings. The number of methoxy groups -OCH3 is 1. The van der Waals surface area contributed by atoms with Crippen LogP contribution in [-0.2, 0) is 9.53 Å². The number of carbonyl (C=O) groups is 2. The molecule has 0 bridgehead atoms. The molecule has 1 aliphatic carbocycles. The lowest BCUT2D eigenvalue weighted by molar-refractivity contribution is -0.127. The van der Waals surface area contributed by atoms with Crippen LogP contribution in [0.3, 0.4) is 0 Å². The third-order valence-electron chi connectivity index (χ3n) is 7.18. The van der Waals surface area contributed by atoms with Crippen LogP contribution in [0.15, 0.2) is 29.2 Å². The third-order valence-corrected chi connectivity index (χ3v) is 7.18. The van der Waals surface area contributed by atoms with Crippen LogP contribution in [-0.4, -0.2) is 42.3 Å². The first-order valence-electron chi connectivity index (χ1n) is 11.8. The Labute approximate surface area is 198 Å². The smallest absolute Gasteiger partial charge is 0.343 e. The van der Waals surface area contributed by atoms with Crippen molar-refractivity contribution in [2.24, 2.45) is 5.92 Å². The zero-order chi connectivity index (χ0) is 24.2. The van der Waals surface area contributed by atoms with Crippen LogP contribution in [0.2, 0.25) is 0 Å². The van der Waals surface area contributed by atoms with E-state index in [9.17, 15) is 14.4 Å². The van der Waals surface area contributed by atoms with Crippen molar-refractivity contribution < 1.29 is 23.8 Å². The van der Waals surface area contributed by atoms with Gasteiger partial charge in [-0.2, -0.15) is 0 Å². The molecule has 2 aromatic rings. The maximum atomic E-state index is 12.9. The molecule has 0 unspecified atom stereocenters. The molecule has 2 aliphatic heterocycles. The highest BCUT2D eigenvalue weighted by Gasteiger charge is 2.45. The Bertz CT molecular complexity index is 1220. The van der Waals surface area contributed by atoms with Gasteiger partial charge < -0.3 is 14.2 Å². The number of nitrogens with zero attached hydrogens (tertiary/aromatic N) is 2. The van der Waals surface area contributed by atoms with E-state index in [-0.39, 0.29) is 40.9 Å². The summed E-state index contributed by atoms with van der Waals surface area (Å²) in [7, 11) is 1.59. The van der Waals surface area contributed by atoms with Crippen molar-refractivity contribution in [3.05, 3.63) is 45.7 Å². The molecule has 0 radical (unpaired) electrons. The first-order chi connectivity index (χ1) is 16.2. The minimum atomic E-state index is -0.613. The summed E-state index contributed by atoms with van der Waals surface area (Å²) in [6.07, 6.45) is 4.62. The standard InChI is InChI=1S/C26H30N2O6/c1-5-33-25(31)19-13-27-21(12-22(19)30)18-10-23(32-4)24(34-14-15-8-16(29)9-15)11-17(18)20-6-7-26(2,3)28(20)27/h10-13,15,20H,5-9,14H2,1-4H3/t20-/m1/s1. The number of fused-ring (bicyclic) bond motifs is 6. The van der Waals surface area contributed by atoms with Crippen molar-refractivity contribution in [1.29, 1.82) is 0 Å². The van der Waals surface area contributed by atoms with Gasteiger partial charge >= 0.3 is 5.97 Å². The van der Waals surface area contributed by atoms with Gasteiger partial charge in [0.2, 0.25) is 0 Å². The molecule has 0 spiro atoms. The largest absolute Gasteiger partial charge is 0.493 e. The average molecular weight is 467 g/mol. The van der Waals surface area contributed by atoms with E-state index in [0.29, 0.717) is 36.6 Å².